The van der Waals surface area contributed by atoms with Crippen LogP contribution in [0.15, 0.2) is 40.7 Å². The second-order valence-electron chi connectivity index (χ2n) is 6.69. The van der Waals surface area contributed by atoms with Gasteiger partial charge in [-0.15, -0.1) is 11.3 Å². The third kappa shape index (κ3) is 3.09. The van der Waals surface area contributed by atoms with Crippen LogP contribution in [0.1, 0.15) is 19.3 Å². The number of thiophene rings is 1. The molecule has 8 heteroatoms. The molecule has 2 aliphatic rings. The summed E-state index contributed by atoms with van der Waals surface area (Å²) in [6, 6.07) is 9.06. The molecule has 132 valence electrons. The van der Waals surface area contributed by atoms with Crippen molar-refractivity contribution < 1.29 is 13.2 Å². The van der Waals surface area contributed by atoms with Crippen molar-refractivity contribution in [1.82, 2.24) is 14.6 Å². The number of hydrogen-bond acceptors (Lipinski definition) is 5. The minimum Gasteiger partial charge on any atom is -0.356 e. The van der Waals surface area contributed by atoms with E-state index < -0.39 is 10.0 Å². The SMILES string of the molecule is O=C1CC2(CCN(S(=O)(=O)c3ccc(-c4ccccn4)s3)CC2)CN1. The third-order valence-corrected chi connectivity index (χ3v) is 8.55. The molecule has 2 aromatic rings. The van der Waals surface area contributed by atoms with Gasteiger partial charge >= 0.3 is 0 Å². The highest BCUT2D eigenvalue weighted by atomic mass is 32.2. The van der Waals surface area contributed by atoms with Crippen LogP contribution in [0.2, 0.25) is 0 Å². The van der Waals surface area contributed by atoms with E-state index in [2.05, 4.69) is 10.3 Å². The van der Waals surface area contributed by atoms with Gasteiger partial charge in [-0.1, -0.05) is 6.07 Å². The molecular formula is C17H19N3O3S2. The number of piperidine rings is 1. The van der Waals surface area contributed by atoms with Crippen LogP contribution in [0.25, 0.3) is 10.6 Å². The maximum absolute atomic E-state index is 12.9. The van der Waals surface area contributed by atoms with Crippen molar-refractivity contribution >= 4 is 27.3 Å². The molecule has 0 aliphatic carbocycles. The molecule has 6 nitrogen and oxygen atoms in total. The quantitative estimate of drug-likeness (QED) is 0.888. The zero-order chi connectivity index (χ0) is 17.5. The number of rotatable bonds is 3. The van der Waals surface area contributed by atoms with Crippen LogP contribution >= 0.6 is 11.3 Å². The van der Waals surface area contributed by atoms with Crippen LogP contribution in [-0.2, 0) is 14.8 Å². The molecule has 4 heterocycles. The van der Waals surface area contributed by atoms with Gasteiger partial charge in [0.1, 0.15) is 4.21 Å². The smallest absolute Gasteiger partial charge is 0.252 e. The standard InChI is InChI=1S/C17H19N3O3S2/c21-15-11-17(12-19-15)6-9-20(10-7-17)25(22,23)16-5-4-14(24-16)13-3-1-2-8-18-13/h1-5,8H,6-7,9-12H2,(H,19,21). The number of pyridine rings is 1. The number of nitrogens with zero attached hydrogens (tertiary/aromatic N) is 2. The Morgan fingerprint density at radius 3 is 2.60 bits per heavy atom. The Labute approximate surface area is 150 Å². The average molecular weight is 377 g/mol. The lowest BCUT2D eigenvalue weighted by molar-refractivity contribution is -0.119. The summed E-state index contributed by atoms with van der Waals surface area (Å²) in [5, 5.41) is 2.88. The maximum Gasteiger partial charge on any atom is 0.252 e. The summed E-state index contributed by atoms with van der Waals surface area (Å²) in [5.41, 5.74) is 0.722. The van der Waals surface area contributed by atoms with E-state index in [9.17, 15) is 13.2 Å². The van der Waals surface area contributed by atoms with Crippen molar-refractivity contribution in [2.24, 2.45) is 5.41 Å². The predicted octanol–water partition coefficient (Wildman–Crippen LogP) is 2.10. The van der Waals surface area contributed by atoms with E-state index in [1.54, 1.807) is 16.6 Å². The van der Waals surface area contributed by atoms with Crippen LogP contribution in [0.5, 0.6) is 0 Å². The summed E-state index contributed by atoms with van der Waals surface area (Å²) < 4.78 is 27.8. The van der Waals surface area contributed by atoms with Gasteiger partial charge in [-0.3, -0.25) is 9.78 Å². The molecular weight excluding hydrogens is 358 g/mol. The van der Waals surface area contributed by atoms with Crippen LogP contribution in [0.4, 0.5) is 0 Å². The Balaban J connectivity index is 1.51. The topological polar surface area (TPSA) is 79.4 Å². The average Bonchev–Trinajstić information content (AvgIpc) is 3.24. The van der Waals surface area contributed by atoms with Crippen molar-refractivity contribution in [1.29, 1.82) is 0 Å². The molecule has 0 aromatic carbocycles. The maximum atomic E-state index is 12.9. The van der Waals surface area contributed by atoms with Crippen LogP contribution in [0, 0.1) is 5.41 Å². The first kappa shape index (κ1) is 16.7. The van der Waals surface area contributed by atoms with Gasteiger partial charge in [0.2, 0.25) is 5.91 Å². The summed E-state index contributed by atoms with van der Waals surface area (Å²) in [6.07, 6.45) is 3.67. The van der Waals surface area contributed by atoms with Gasteiger partial charge in [-0.05, 0) is 42.5 Å². The van der Waals surface area contributed by atoms with Gasteiger partial charge in [-0.2, -0.15) is 4.31 Å². The molecule has 0 saturated carbocycles. The van der Waals surface area contributed by atoms with E-state index in [0.717, 1.165) is 23.4 Å². The minimum absolute atomic E-state index is 0.0579. The number of carbonyl (C=O) groups is 1. The summed E-state index contributed by atoms with van der Waals surface area (Å²) in [6.45, 7) is 1.60. The molecule has 2 fully saturated rings. The fourth-order valence-electron chi connectivity index (χ4n) is 3.54. The molecule has 25 heavy (non-hydrogen) atoms. The highest BCUT2D eigenvalue weighted by Crippen LogP contribution is 2.40. The lowest BCUT2D eigenvalue weighted by Crippen LogP contribution is -2.43. The second-order valence-corrected chi connectivity index (χ2v) is 9.94. The molecule has 0 radical (unpaired) electrons. The highest BCUT2D eigenvalue weighted by Gasteiger charge is 2.43. The van der Waals surface area contributed by atoms with Gasteiger partial charge in [0.15, 0.2) is 0 Å². The van der Waals surface area contributed by atoms with Crippen molar-refractivity contribution in [3.63, 3.8) is 0 Å². The van der Waals surface area contributed by atoms with E-state index in [-0.39, 0.29) is 11.3 Å². The Kier molecular flexibility index (Phi) is 4.13. The van der Waals surface area contributed by atoms with Crippen molar-refractivity contribution in [3.8, 4) is 10.6 Å². The molecule has 4 rings (SSSR count). The Hall–Kier alpha value is -1.77. The van der Waals surface area contributed by atoms with Crippen LogP contribution in [0.3, 0.4) is 0 Å². The normalized spacial score (nSPS) is 20.7. The molecule has 0 bridgehead atoms. The number of carbonyl (C=O) groups excluding carboxylic acids is 1. The van der Waals surface area contributed by atoms with Crippen LogP contribution < -0.4 is 5.32 Å². The molecule has 1 N–H and O–H groups in total. The monoisotopic (exact) mass is 377 g/mol. The number of nitrogens with one attached hydrogen (secondary N) is 1. The zero-order valence-electron chi connectivity index (χ0n) is 13.6. The van der Waals surface area contributed by atoms with Gasteiger partial charge in [0.25, 0.3) is 10.0 Å². The summed E-state index contributed by atoms with van der Waals surface area (Å²) in [7, 11) is -3.49. The summed E-state index contributed by atoms with van der Waals surface area (Å²) in [4.78, 5) is 16.6. The number of aromatic nitrogens is 1. The molecule has 0 atom stereocenters. The van der Waals surface area contributed by atoms with E-state index in [4.69, 9.17) is 0 Å². The first-order valence-corrected chi connectivity index (χ1v) is 10.5. The Morgan fingerprint density at radius 1 is 1.16 bits per heavy atom. The van der Waals surface area contributed by atoms with Gasteiger partial charge in [0, 0.05) is 32.3 Å². The van der Waals surface area contributed by atoms with Gasteiger partial charge in [0.05, 0.1) is 10.6 Å². The minimum atomic E-state index is -3.49. The predicted molar refractivity (Wildman–Crippen MR) is 95.6 cm³/mol. The second kappa shape index (κ2) is 6.19. The Morgan fingerprint density at radius 2 is 1.96 bits per heavy atom. The van der Waals surface area contributed by atoms with E-state index in [1.807, 2.05) is 24.3 Å². The molecule has 1 amide bonds. The van der Waals surface area contributed by atoms with Gasteiger partial charge in [-0.25, -0.2) is 8.42 Å². The largest absolute Gasteiger partial charge is 0.356 e. The Bertz CT molecular complexity index is 885. The fourth-order valence-corrected chi connectivity index (χ4v) is 6.42. The molecule has 2 aliphatic heterocycles. The van der Waals surface area contributed by atoms with E-state index in [0.29, 0.717) is 30.3 Å². The van der Waals surface area contributed by atoms with Gasteiger partial charge < -0.3 is 5.32 Å². The lowest BCUT2D eigenvalue weighted by atomic mass is 9.78. The van der Waals surface area contributed by atoms with Crippen molar-refractivity contribution in [2.75, 3.05) is 19.6 Å². The van der Waals surface area contributed by atoms with Crippen molar-refractivity contribution in [3.05, 3.63) is 36.5 Å². The molecule has 2 aromatic heterocycles. The number of hydrogen-bond donors (Lipinski definition) is 1. The summed E-state index contributed by atoms with van der Waals surface area (Å²) >= 11 is 1.25. The van der Waals surface area contributed by atoms with Crippen molar-refractivity contribution in [2.45, 2.75) is 23.5 Å². The highest BCUT2D eigenvalue weighted by molar-refractivity contribution is 7.91. The van der Waals surface area contributed by atoms with Crippen LogP contribution in [-0.4, -0.2) is 43.2 Å². The summed E-state index contributed by atoms with van der Waals surface area (Å²) in [5.74, 6) is 0.0783. The van der Waals surface area contributed by atoms with E-state index >= 15 is 0 Å². The number of amides is 1. The molecule has 0 unspecified atom stereocenters. The third-order valence-electron chi connectivity index (χ3n) is 5.07. The molecule has 1 spiro atoms. The first-order valence-electron chi connectivity index (χ1n) is 8.27. The first-order chi connectivity index (χ1) is 12.0. The number of sulfonamides is 1. The fraction of sp³-hybridized carbons (Fsp3) is 0.412. The lowest BCUT2D eigenvalue weighted by Gasteiger charge is -2.37. The zero-order valence-corrected chi connectivity index (χ0v) is 15.3. The molecule has 2 saturated heterocycles. The van der Waals surface area contributed by atoms with E-state index in [1.165, 1.54) is 11.3 Å².